The molecule has 1 N–H and O–H groups in total. The van der Waals surface area contributed by atoms with Crippen LogP contribution in [0.25, 0.3) is 11.4 Å². The number of amides is 1. The summed E-state index contributed by atoms with van der Waals surface area (Å²) in [6, 6.07) is 5.94. The number of hydrogen-bond acceptors (Lipinski definition) is 4. The Hall–Kier alpha value is -2.24. The van der Waals surface area contributed by atoms with Gasteiger partial charge in [-0.2, -0.15) is 4.98 Å². The molecule has 0 saturated carbocycles. The molecular formula is C12H12FN3O2. The Labute approximate surface area is 103 Å². The molecule has 0 saturated heterocycles. The number of carbonyl (C=O) groups excluding carboxylic acids is 1. The van der Waals surface area contributed by atoms with Crippen molar-refractivity contribution in [3.05, 3.63) is 36.0 Å². The van der Waals surface area contributed by atoms with E-state index < -0.39 is 0 Å². The van der Waals surface area contributed by atoms with Crippen LogP contribution in [-0.4, -0.2) is 23.1 Å². The van der Waals surface area contributed by atoms with Gasteiger partial charge in [0, 0.05) is 25.5 Å². The van der Waals surface area contributed by atoms with E-state index in [1.807, 2.05) is 0 Å². The third kappa shape index (κ3) is 2.91. The number of aryl methyl sites for hydroxylation is 1. The van der Waals surface area contributed by atoms with E-state index in [1.165, 1.54) is 12.1 Å². The van der Waals surface area contributed by atoms with Crippen LogP contribution < -0.4 is 5.32 Å². The third-order valence-corrected chi connectivity index (χ3v) is 2.40. The summed E-state index contributed by atoms with van der Waals surface area (Å²) in [5.74, 6) is 0.226. The Bertz CT molecular complexity index is 554. The van der Waals surface area contributed by atoms with Crippen molar-refractivity contribution in [1.29, 1.82) is 0 Å². The predicted molar refractivity (Wildman–Crippen MR) is 62.1 cm³/mol. The van der Waals surface area contributed by atoms with Crippen LogP contribution in [-0.2, 0) is 11.2 Å². The zero-order valence-electron chi connectivity index (χ0n) is 9.81. The summed E-state index contributed by atoms with van der Waals surface area (Å²) < 4.78 is 18.0. The largest absolute Gasteiger partial charge is 0.359 e. The minimum Gasteiger partial charge on any atom is -0.359 e. The van der Waals surface area contributed by atoms with Crippen LogP contribution in [0.2, 0.25) is 0 Å². The maximum Gasteiger partial charge on any atom is 0.227 e. The lowest BCUT2D eigenvalue weighted by atomic mass is 10.2. The number of benzene rings is 1. The summed E-state index contributed by atoms with van der Waals surface area (Å²) in [6.07, 6.45) is 0.642. The van der Waals surface area contributed by atoms with Gasteiger partial charge in [-0.05, 0) is 12.1 Å². The van der Waals surface area contributed by atoms with Crippen molar-refractivity contribution in [2.24, 2.45) is 0 Å². The lowest BCUT2D eigenvalue weighted by molar-refractivity contribution is -0.120. The fraction of sp³-hybridized carbons (Fsp3) is 0.250. The molecule has 6 heteroatoms. The quantitative estimate of drug-likeness (QED) is 0.892. The van der Waals surface area contributed by atoms with Crippen LogP contribution in [0, 0.1) is 5.82 Å². The minimum absolute atomic E-state index is 0.0968. The van der Waals surface area contributed by atoms with Crippen LogP contribution in [0.3, 0.4) is 0 Å². The van der Waals surface area contributed by atoms with E-state index in [2.05, 4.69) is 15.5 Å². The number of carbonyl (C=O) groups is 1. The normalized spacial score (nSPS) is 10.3. The summed E-state index contributed by atoms with van der Waals surface area (Å²) in [7, 11) is 1.56. The van der Waals surface area contributed by atoms with Gasteiger partial charge in [-0.3, -0.25) is 4.79 Å². The molecule has 18 heavy (non-hydrogen) atoms. The fourth-order valence-corrected chi connectivity index (χ4v) is 1.45. The maximum absolute atomic E-state index is 13.0. The van der Waals surface area contributed by atoms with Crippen molar-refractivity contribution < 1.29 is 13.7 Å². The van der Waals surface area contributed by atoms with Crippen molar-refractivity contribution >= 4 is 5.91 Å². The van der Waals surface area contributed by atoms with Gasteiger partial charge in [0.1, 0.15) is 5.82 Å². The van der Waals surface area contributed by atoms with Crippen LogP contribution in [0.4, 0.5) is 4.39 Å². The molecule has 0 fully saturated rings. The van der Waals surface area contributed by atoms with Gasteiger partial charge in [-0.15, -0.1) is 0 Å². The Balaban J connectivity index is 2.08. The summed E-state index contributed by atoms with van der Waals surface area (Å²) in [6.45, 7) is 0. The standard InChI is InChI=1S/C12H12FN3O2/c1-14-10(17)5-6-11-15-12(16-18-11)8-3-2-4-9(13)7-8/h2-4,7H,5-6H2,1H3,(H,14,17). The average Bonchev–Trinajstić information content (AvgIpc) is 2.84. The molecular weight excluding hydrogens is 237 g/mol. The van der Waals surface area contributed by atoms with Gasteiger partial charge in [0.25, 0.3) is 0 Å². The number of hydrogen-bond donors (Lipinski definition) is 1. The second-order valence-corrected chi connectivity index (χ2v) is 3.70. The van der Waals surface area contributed by atoms with Gasteiger partial charge in [0.05, 0.1) is 0 Å². The molecule has 2 aromatic rings. The van der Waals surface area contributed by atoms with E-state index in [0.29, 0.717) is 23.7 Å². The first-order valence-corrected chi connectivity index (χ1v) is 5.48. The molecule has 0 atom stereocenters. The lowest BCUT2D eigenvalue weighted by Crippen LogP contribution is -2.17. The summed E-state index contributed by atoms with van der Waals surface area (Å²) in [5, 5.41) is 6.25. The molecule has 0 aliphatic carbocycles. The third-order valence-electron chi connectivity index (χ3n) is 2.40. The molecule has 0 bridgehead atoms. The molecule has 1 amide bonds. The maximum atomic E-state index is 13.0. The summed E-state index contributed by atoms with van der Waals surface area (Å²) >= 11 is 0. The van der Waals surface area contributed by atoms with Crippen LogP contribution >= 0.6 is 0 Å². The Morgan fingerprint density at radius 3 is 3.06 bits per heavy atom. The number of nitrogens with zero attached hydrogens (tertiary/aromatic N) is 2. The van der Waals surface area contributed by atoms with Gasteiger partial charge in [-0.1, -0.05) is 17.3 Å². The van der Waals surface area contributed by atoms with Crippen molar-refractivity contribution in [3.8, 4) is 11.4 Å². The second kappa shape index (κ2) is 5.39. The van der Waals surface area contributed by atoms with Gasteiger partial charge in [-0.25, -0.2) is 4.39 Å². The summed E-state index contributed by atoms with van der Waals surface area (Å²) in [4.78, 5) is 15.2. The topological polar surface area (TPSA) is 68.0 Å². The SMILES string of the molecule is CNC(=O)CCc1nc(-c2cccc(F)c2)no1. The minimum atomic E-state index is -0.357. The zero-order chi connectivity index (χ0) is 13.0. The monoisotopic (exact) mass is 249 g/mol. The number of halogens is 1. The molecule has 1 heterocycles. The highest BCUT2D eigenvalue weighted by Crippen LogP contribution is 2.17. The summed E-state index contributed by atoms with van der Waals surface area (Å²) in [5.41, 5.74) is 0.546. The lowest BCUT2D eigenvalue weighted by Gasteiger charge is -1.94. The Morgan fingerprint density at radius 2 is 2.33 bits per heavy atom. The van der Waals surface area contributed by atoms with Crippen LogP contribution in [0.5, 0.6) is 0 Å². The first-order valence-electron chi connectivity index (χ1n) is 5.48. The number of nitrogens with one attached hydrogen (secondary N) is 1. The van der Waals surface area contributed by atoms with E-state index in [1.54, 1.807) is 19.2 Å². The zero-order valence-corrected chi connectivity index (χ0v) is 9.81. The highest BCUT2D eigenvalue weighted by atomic mass is 19.1. The Morgan fingerprint density at radius 1 is 1.50 bits per heavy atom. The molecule has 0 radical (unpaired) electrons. The van der Waals surface area contributed by atoms with E-state index >= 15 is 0 Å². The van der Waals surface area contributed by atoms with Gasteiger partial charge in [0.2, 0.25) is 17.6 Å². The Kier molecular flexibility index (Phi) is 3.66. The molecule has 0 aliphatic rings. The van der Waals surface area contributed by atoms with E-state index in [-0.39, 0.29) is 18.1 Å². The van der Waals surface area contributed by atoms with E-state index in [4.69, 9.17) is 4.52 Å². The molecule has 0 aliphatic heterocycles. The van der Waals surface area contributed by atoms with E-state index in [0.717, 1.165) is 0 Å². The number of rotatable bonds is 4. The van der Waals surface area contributed by atoms with Gasteiger partial charge >= 0.3 is 0 Å². The average molecular weight is 249 g/mol. The van der Waals surface area contributed by atoms with Crippen LogP contribution in [0.1, 0.15) is 12.3 Å². The van der Waals surface area contributed by atoms with Crippen LogP contribution in [0.15, 0.2) is 28.8 Å². The first-order chi connectivity index (χ1) is 8.69. The highest BCUT2D eigenvalue weighted by molar-refractivity contribution is 5.75. The van der Waals surface area contributed by atoms with Crippen molar-refractivity contribution in [2.45, 2.75) is 12.8 Å². The number of aromatic nitrogens is 2. The molecule has 94 valence electrons. The smallest absolute Gasteiger partial charge is 0.227 e. The van der Waals surface area contributed by atoms with Gasteiger partial charge in [0.15, 0.2) is 0 Å². The van der Waals surface area contributed by atoms with Crippen molar-refractivity contribution in [2.75, 3.05) is 7.05 Å². The van der Waals surface area contributed by atoms with Gasteiger partial charge < -0.3 is 9.84 Å². The van der Waals surface area contributed by atoms with Crippen molar-refractivity contribution in [1.82, 2.24) is 15.5 Å². The predicted octanol–water partition coefficient (Wildman–Crippen LogP) is 1.55. The molecule has 5 nitrogen and oxygen atoms in total. The molecule has 2 rings (SSSR count). The molecule has 0 unspecified atom stereocenters. The fourth-order valence-electron chi connectivity index (χ4n) is 1.45. The first kappa shape index (κ1) is 12.2. The molecule has 1 aromatic heterocycles. The van der Waals surface area contributed by atoms with Crippen molar-refractivity contribution in [3.63, 3.8) is 0 Å². The highest BCUT2D eigenvalue weighted by Gasteiger charge is 2.10. The molecule has 0 spiro atoms. The second-order valence-electron chi connectivity index (χ2n) is 3.70. The molecule has 1 aromatic carbocycles. The van der Waals surface area contributed by atoms with E-state index in [9.17, 15) is 9.18 Å².